The standard InChI is InChI=1S/C21H26N4O.HI/c1-22-20(26)17-8-5-6-15(12-17)10-11-24-21(23-2)25-14-18-13-16-7-3-4-9-19(16)18;/h3-9,12,18H,10-11,13-14H2,1-2H3,(H,22,26)(H2,23,24,25);1H. The van der Waals surface area contributed by atoms with Gasteiger partial charge in [0, 0.05) is 38.7 Å². The fraction of sp³-hybridized carbons (Fsp3) is 0.333. The van der Waals surface area contributed by atoms with Crippen LogP contribution in [0.2, 0.25) is 0 Å². The van der Waals surface area contributed by atoms with Gasteiger partial charge in [0.05, 0.1) is 0 Å². The van der Waals surface area contributed by atoms with Crippen LogP contribution in [0.1, 0.15) is 33.0 Å². The van der Waals surface area contributed by atoms with Gasteiger partial charge in [-0.3, -0.25) is 9.79 Å². The highest BCUT2D eigenvalue weighted by Crippen LogP contribution is 2.33. The maximum Gasteiger partial charge on any atom is 0.251 e. The van der Waals surface area contributed by atoms with Gasteiger partial charge in [0.2, 0.25) is 0 Å². The Kier molecular flexibility index (Phi) is 8.09. The molecule has 144 valence electrons. The van der Waals surface area contributed by atoms with Crippen LogP contribution >= 0.6 is 24.0 Å². The number of aliphatic imine (C=N–C) groups is 1. The number of nitrogens with one attached hydrogen (secondary N) is 3. The molecule has 27 heavy (non-hydrogen) atoms. The molecule has 3 N–H and O–H groups in total. The van der Waals surface area contributed by atoms with Crippen molar-refractivity contribution in [1.29, 1.82) is 0 Å². The Balaban J connectivity index is 0.00000261. The number of carbonyl (C=O) groups is 1. The molecule has 0 aromatic heterocycles. The zero-order chi connectivity index (χ0) is 18.4. The quantitative estimate of drug-likeness (QED) is 0.340. The molecule has 0 spiro atoms. The first-order valence-corrected chi connectivity index (χ1v) is 9.04. The number of fused-ring (bicyclic) bond motifs is 1. The lowest BCUT2D eigenvalue weighted by atomic mass is 9.78. The minimum absolute atomic E-state index is 0. The van der Waals surface area contributed by atoms with Gasteiger partial charge in [0.15, 0.2) is 5.96 Å². The summed E-state index contributed by atoms with van der Waals surface area (Å²) in [5.74, 6) is 1.32. The lowest BCUT2D eigenvalue weighted by Gasteiger charge is -2.30. The van der Waals surface area contributed by atoms with E-state index in [0.29, 0.717) is 11.5 Å². The summed E-state index contributed by atoms with van der Waals surface area (Å²) in [6.45, 7) is 1.65. The first kappa shape index (κ1) is 21.2. The molecule has 1 aliphatic rings. The van der Waals surface area contributed by atoms with Crippen LogP contribution in [0.15, 0.2) is 53.5 Å². The topological polar surface area (TPSA) is 65.5 Å². The summed E-state index contributed by atoms with van der Waals surface area (Å²) < 4.78 is 0. The van der Waals surface area contributed by atoms with Gasteiger partial charge in [-0.2, -0.15) is 0 Å². The molecule has 0 heterocycles. The summed E-state index contributed by atoms with van der Waals surface area (Å²) in [6.07, 6.45) is 1.96. The van der Waals surface area contributed by atoms with Gasteiger partial charge >= 0.3 is 0 Å². The fourth-order valence-corrected chi connectivity index (χ4v) is 3.32. The molecule has 1 amide bonds. The highest BCUT2D eigenvalue weighted by atomic mass is 127. The second-order valence-corrected chi connectivity index (χ2v) is 6.51. The molecule has 6 heteroatoms. The van der Waals surface area contributed by atoms with Gasteiger partial charge in [-0.05, 0) is 41.7 Å². The lowest BCUT2D eigenvalue weighted by Crippen LogP contribution is -2.41. The fourth-order valence-electron chi connectivity index (χ4n) is 3.32. The number of nitrogens with zero attached hydrogens (tertiary/aromatic N) is 1. The summed E-state index contributed by atoms with van der Waals surface area (Å²) in [5.41, 5.74) is 4.72. The van der Waals surface area contributed by atoms with Gasteiger partial charge < -0.3 is 16.0 Å². The van der Waals surface area contributed by atoms with E-state index in [-0.39, 0.29) is 29.9 Å². The number of halogens is 1. The van der Waals surface area contributed by atoms with E-state index in [2.05, 4.69) is 45.2 Å². The third-order valence-electron chi connectivity index (χ3n) is 4.82. The molecule has 5 nitrogen and oxygen atoms in total. The van der Waals surface area contributed by atoms with Crippen molar-refractivity contribution in [2.24, 2.45) is 4.99 Å². The normalized spacial score (nSPS) is 15.0. The Morgan fingerprint density at radius 3 is 2.70 bits per heavy atom. The maximum absolute atomic E-state index is 11.7. The third kappa shape index (κ3) is 5.45. The highest BCUT2D eigenvalue weighted by Gasteiger charge is 2.25. The number of guanidine groups is 1. The molecular weight excluding hydrogens is 451 g/mol. The summed E-state index contributed by atoms with van der Waals surface area (Å²) in [7, 11) is 3.43. The van der Waals surface area contributed by atoms with E-state index in [1.165, 1.54) is 11.1 Å². The number of benzene rings is 2. The van der Waals surface area contributed by atoms with Crippen molar-refractivity contribution < 1.29 is 4.79 Å². The van der Waals surface area contributed by atoms with Crippen molar-refractivity contribution in [3.8, 4) is 0 Å². The van der Waals surface area contributed by atoms with Gasteiger partial charge in [0.25, 0.3) is 5.91 Å². The van der Waals surface area contributed by atoms with Crippen molar-refractivity contribution in [3.63, 3.8) is 0 Å². The van der Waals surface area contributed by atoms with Gasteiger partial charge in [-0.25, -0.2) is 0 Å². The predicted octanol–water partition coefficient (Wildman–Crippen LogP) is 2.71. The zero-order valence-electron chi connectivity index (χ0n) is 15.8. The highest BCUT2D eigenvalue weighted by molar-refractivity contribution is 14.0. The molecule has 0 aliphatic heterocycles. The molecular formula is C21H27IN4O. The predicted molar refractivity (Wildman–Crippen MR) is 121 cm³/mol. The SMILES string of the molecule is CN=C(NCCc1cccc(C(=O)NC)c1)NCC1Cc2ccccc21.I. The molecule has 2 aromatic carbocycles. The summed E-state index contributed by atoms with van der Waals surface area (Å²) >= 11 is 0. The van der Waals surface area contributed by atoms with Gasteiger partial charge in [0.1, 0.15) is 0 Å². The Morgan fingerprint density at radius 1 is 1.15 bits per heavy atom. The van der Waals surface area contributed by atoms with E-state index in [0.717, 1.165) is 37.5 Å². The summed E-state index contributed by atoms with van der Waals surface area (Å²) in [5, 5.41) is 9.41. The number of carbonyl (C=O) groups excluding carboxylic acids is 1. The third-order valence-corrected chi connectivity index (χ3v) is 4.82. The first-order valence-electron chi connectivity index (χ1n) is 9.04. The number of amides is 1. The second-order valence-electron chi connectivity index (χ2n) is 6.51. The number of rotatable bonds is 6. The van der Waals surface area contributed by atoms with E-state index in [1.54, 1.807) is 14.1 Å². The van der Waals surface area contributed by atoms with Crippen molar-refractivity contribution >= 4 is 35.8 Å². The zero-order valence-corrected chi connectivity index (χ0v) is 18.1. The molecule has 2 aromatic rings. The maximum atomic E-state index is 11.7. The van der Waals surface area contributed by atoms with Crippen molar-refractivity contribution in [2.45, 2.75) is 18.8 Å². The molecule has 0 saturated carbocycles. The molecule has 1 atom stereocenters. The minimum atomic E-state index is -0.0573. The van der Waals surface area contributed by atoms with Gasteiger partial charge in [-0.1, -0.05) is 36.4 Å². The minimum Gasteiger partial charge on any atom is -0.356 e. The van der Waals surface area contributed by atoms with E-state index in [4.69, 9.17) is 0 Å². The Hall–Kier alpha value is -2.09. The van der Waals surface area contributed by atoms with Crippen molar-refractivity contribution in [2.75, 3.05) is 27.2 Å². The molecule has 0 fully saturated rings. The van der Waals surface area contributed by atoms with Crippen LogP contribution in [0.5, 0.6) is 0 Å². The van der Waals surface area contributed by atoms with E-state index in [9.17, 15) is 4.79 Å². The smallest absolute Gasteiger partial charge is 0.251 e. The molecule has 1 aliphatic carbocycles. The average molecular weight is 478 g/mol. The first-order chi connectivity index (χ1) is 12.7. The molecule has 3 rings (SSSR count). The second kappa shape index (κ2) is 10.3. The van der Waals surface area contributed by atoms with E-state index < -0.39 is 0 Å². The van der Waals surface area contributed by atoms with E-state index in [1.807, 2.05) is 24.3 Å². The number of hydrogen-bond donors (Lipinski definition) is 3. The van der Waals surface area contributed by atoms with Crippen molar-refractivity contribution in [1.82, 2.24) is 16.0 Å². The Labute approximate surface area is 178 Å². The monoisotopic (exact) mass is 478 g/mol. The van der Waals surface area contributed by atoms with Crippen LogP contribution in [-0.2, 0) is 12.8 Å². The van der Waals surface area contributed by atoms with Crippen LogP contribution in [0.4, 0.5) is 0 Å². The average Bonchev–Trinajstić information content (AvgIpc) is 2.66. The number of hydrogen-bond acceptors (Lipinski definition) is 2. The van der Waals surface area contributed by atoms with Crippen LogP contribution in [0, 0.1) is 0 Å². The molecule has 1 unspecified atom stereocenters. The Morgan fingerprint density at radius 2 is 1.96 bits per heavy atom. The van der Waals surface area contributed by atoms with Crippen LogP contribution < -0.4 is 16.0 Å². The van der Waals surface area contributed by atoms with Crippen LogP contribution in [-0.4, -0.2) is 39.1 Å². The summed E-state index contributed by atoms with van der Waals surface area (Å²) in [6, 6.07) is 16.3. The summed E-state index contributed by atoms with van der Waals surface area (Å²) in [4.78, 5) is 16.0. The van der Waals surface area contributed by atoms with Crippen molar-refractivity contribution in [3.05, 3.63) is 70.8 Å². The molecule has 0 saturated heterocycles. The molecule has 0 radical (unpaired) electrons. The lowest BCUT2D eigenvalue weighted by molar-refractivity contribution is 0.0963. The largest absolute Gasteiger partial charge is 0.356 e. The van der Waals surface area contributed by atoms with Crippen LogP contribution in [0.25, 0.3) is 0 Å². The van der Waals surface area contributed by atoms with E-state index >= 15 is 0 Å². The van der Waals surface area contributed by atoms with Gasteiger partial charge in [-0.15, -0.1) is 24.0 Å². The molecule has 0 bridgehead atoms. The van der Waals surface area contributed by atoms with Crippen LogP contribution in [0.3, 0.4) is 0 Å². The Bertz CT molecular complexity index is 806.